The van der Waals surface area contributed by atoms with Crippen LogP contribution in [0.15, 0.2) is 35.7 Å². The van der Waals surface area contributed by atoms with Crippen LogP contribution in [0.2, 0.25) is 0 Å². The first-order valence-corrected chi connectivity index (χ1v) is 8.85. The van der Waals surface area contributed by atoms with Crippen molar-refractivity contribution in [1.29, 1.82) is 0 Å². The van der Waals surface area contributed by atoms with E-state index in [1.807, 2.05) is 13.0 Å². The van der Waals surface area contributed by atoms with Crippen molar-refractivity contribution in [2.75, 3.05) is 18.4 Å². The highest BCUT2D eigenvalue weighted by molar-refractivity contribution is 7.10. The second kappa shape index (κ2) is 7.11. The Morgan fingerprint density at radius 2 is 2.29 bits per heavy atom. The minimum Gasteiger partial charge on any atom is -0.321 e. The molecule has 24 heavy (non-hydrogen) atoms. The van der Waals surface area contributed by atoms with Gasteiger partial charge in [0.25, 0.3) is 11.6 Å². The lowest BCUT2D eigenvalue weighted by Gasteiger charge is -2.20. The maximum atomic E-state index is 12.4. The summed E-state index contributed by atoms with van der Waals surface area (Å²) < 4.78 is 0. The second-order valence-electron chi connectivity index (χ2n) is 6.10. The number of likely N-dealkylation sites (tertiary alicyclic amines) is 1. The number of benzene rings is 1. The number of anilines is 1. The zero-order valence-electron chi connectivity index (χ0n) is 13.5. The van der Waals surface area contributed by atoms with Gasteiger partial charge in [-0.05, 0) is 23.9 Å². The van der Waals surface area contributed by atoms with Gasteiger partial charge in [-0.15, -0.1) is 11.3 Å². The van der Waals surface area contributed by atoms with Crippen LogP contribution >= 0.6 is 11.3 Å². The molecule has 0 bridgehead atoms. The lowest BCUT2D eigenvalue weighted by atomic mass is 10.1. The van der Waals surface area contributed by atoms with E-state index in [1.165, 1.54) is 21.9 Å². The standard InChI is InChI=1S/C17H19N3O3S/c1-12-6-7-13(20(22)23)10-14(12)18-17(21)11-19-8-2-4-15(19)16-5-3-9-24-16/h3,5-7,9-10,15H,2,4,8,11H2,1H3,(H,18,21)/p+1/t15-/m1/s1. The van der Waals surface area contributed by atoms with Crippen molar-refractivity contribution < 1.29 is 14.6 Å². The number of thiophene rings is 1. The van der Waals surface area contributed by atoms with Crippen molar-refractivity contribution in [3.8, 4) is 0 Å². The van der Waals surface area contributed by atoms with Crippen LogP contribution < -0.4 is 10.2 Å². The molecule has 1 aromatic heterocycles. The molecule has 6 nitrogen and oxygen atoms in total. The zero-order chi connectivity index (χ0) is 17.1. The molecule has 1 unspecified atom stereocenters. The maximum absolute atomic E-state index is 12.4. The normalized spacial score (nSPS) is 20.0. The number of nitro benzene ring substituents is 1. The molecule has 0 radical (unpaired) electrons. The van der Waals surface area contributed by atoms with Crippen LogP contribution in [0.4, 0.5) is 11.4 Å². The van der Waals surface area contributed by atoms with Gasteiger partial charge in [-0.2, -0.15) is 0 Å². The van der Waals surface area contributed by atoms with Crippen LogP contribution in [-0.2, 0) is 4.79 Å². The second-order valence-corrected chi connectivity index (χ2v) is 7.08. The smallest absolute Gasteiger partial charge is 0.279 e. The highest BCUT2D eigenvalue weighted by Gasteiger charge is 2.32. The fraction of sp³-hybridized carbons (Fsp3) is 0.353. The number of quaternary nitrogens is 1. The van der Waals surface area contributed by atoms with Crippen molar-refractivity contribution in [3.63, 3.8) is 0 Å². The Kier molecular flexibility index (Phi) is 4.92. The quantitative estimate of drug-likeness (QED) is 0.644. The minimum atomic E-state index is -0.451. The molecule has 1 aliphatic heterocycles. The first-order valence-electron chi connectivity index (χ1n) is 7.97. The number of carbonyl (C=O) groups is 1. The molecule has 0 spiro atoms. The van der Waals surface area contributed by atoms with E-state index in [2.05, 4.69) is 16.8 Å². The number of nitrogens with one attached hydrogen (secondary N) is 2. The van der Waals surface area contributed by atoms with Gasteiger partial charge in [0.2, 0.25) is 0 Å². The van der Waals surface area contributed by atoms with Gasteiger partial charge in [0.15, 0.2) is 6.54 Å². The maximum Gasteiger partial charge on any atom is 0.279 e. The van der Waals surface area contributed by atoms with E-state index < -0.39 is 4.92 Å². The van der Waals surface area contributed by atoms with E-state index >= 15 is 0 Å². The molecule has 2 atom stereocenters. The SMILES string of the molecule is Cc1ccc([N+](=O)[O-])cc1NC(=O)C[NH+]1CCC[C@@H]1c1cccs1. The summed E-state index contributed by atoms with van der Waals surface area (Å²) in [5, 5.41) is 15.8. The van der Waals surface area contributed by atoms with Crippen LogP contribution in [-0.4, -0.2) is 23.9 Å². The van der Waals surface area contributed by atoms with E-state index in [0.717, 1.165) is 24.9 Å². The first-order chi connectivity index (χ1) is 11.5. The molecular weight excluding hydrogens is 326 g/mol. The van der Waals surface area contributed by atoms with Crippen molar-refractivity contribution in [3.05, 3.63) is 56.3 Å². The van der Waals surface area contributed by atoms with Crippen LogP contribution in [0.25, 0.3) is 0 Å². The molecule has 7 heteroatoms. The van der Waals surface area contributed by atoms with Crippen LogP contribution in [0.3, 0.4) is 0 Å². The number of aryl methyl sites for hydroxylation is 1. The number of nitrogens with zero attached hydrogens (tertiary/aromatic N) is 1. The summed E-state index contributed by atoms with van der Waals surface area (Å²) in [5.41, 5.74) is 1.32. The highest BCUT2D eigenvalue weighted by Crippen LogP contribution is 2.24. The average molecular weight is 346 g/mol. The van der Waals surface area contributed by atoms with Crippen molar-refractivity contribution in [2.45, 2.75) is 25.8 Å². The summed E-state index contributed by atoms with van der Waals surface area (Å²) in [7, 11) is 0. The number of rotatable bonds is 5. The molecule has 126 valence electrons. The predicted molar refractivity (Wildman–Crippen MR) is 93.5 cm³/mol. The molecule has 0 aliphatic carbocycles. The third kappa shape index (κ3) is 3.63. The lowest BCUT2D eigenvalue weighted by Crippen LogP contribution is -3.11. The molecule has 2 N–H and O–H groups in total. The lowest BCUT2D eigenvalue weighted by molar-refractivity contribution is -0.910. The summed E-state index contributed by atoms with van der Waals surface area (Å²) in [6, 6.07) is 9.07. The van der Waals surface area contributed by atoms with Gasteiger partial charge in [-0.1, -0.05) is 12.1 Å². The average Bonchev–Trinajstić information content (AvgIpc) is 3.20. The topological polar surface area (TPSA) is 76.7 Å². The van der Waals surface area contributed by atoms with E-state index in [4.69, 9.17) is 0 Å². The monoisotopic (exact) mass is 346 g/mol. The third-order valence-corrected chi connectivity index (χ3v) is 5.45. The minimum absolute atomic E-state index is 0.0131. The molecule has 1 aliphatic rings. The third-order valence-electron chi connectivity index (χ3n) is 4.46. The number of hydrogen-bond donors (Lipinski definition) is 2. The Morgan fingerprint density at radius 1 is 1.46 bits per heavy atom. The van der Waals surface area contributed by atoms with E-state index in [9.17, 15) is 14.9 Å². The molecule has 1 fully saturated rings. The van der Waals surface area contributed by atoms with Crippen molar-refractivity contribution >= 4 is 28.6 Å². The van der Waals surface area contributed by atoms with Crippen LogP contribution in [0, 0.1) is 17.0 Å². The van der Waals surface area contributed by atoms with Crippen molar-refractivity contribution in [2.24, 2.45) is 0 Å². The zero-order valence-corrected chi connectivity index (χ0v) is 14.3. The number of nitro groups is 1. The number of non-ortho nitro benzene ring substituents is 1. The van der Waals surface area contributed by atoms with E-state index in [0.29, 0.717) is 18.3 Å². The molecule has 2 heterocycles. The summed E-state index contributed by atoms with van der Waals surface area (Å²) in [5.74, 6) is -0.0999. The predicted octanol–water partition coefficient (Wildman–Crippen LogP) is 2.32. The van der Waals surface area contributed by atoms with Gasteiger partial charge >= 0.3 is 0 Å². The molecule has 1 amide bonds. The van der Waals surface area contributed by atoms with E-state index in [-0.39, 0.29) is 11.6 Å². The van der Waals surface area contributed by atoms with Gasteiger partial charge in [0.05, 0.1) is 22.0 Å². The van der Waals surface area contributed by atoms with Crippen molar-refractivity contribution in [1.82, 2.24) is 0 Å². The Bertz CT molecular complexity index is 746. The molecule has 2 aromatic rings. The first kappa shape index (κ1) is 16.6. The fourth-order valence-electron chi connectivity index (χ4n) is 3.22. The molecular formula is C17H20N3O3S+. The van der Waals surface area contributed by atoms with Gasteiger partial charge in [0, 0.05) is 25.0 Å². The van der Waals surface area contributed by atoms with Crippen LogP contribution in [0.1, 0.15) is 29.3 Å². The van der Waals surface area contributed by atoms with Gasteiger partial charge in [-0.3, -0.25) is 14.9 Å². The summed E-state index contributed by atoms with van der Waals surface area (Å²) in [6.07, 6.45) is 2.21. The number of amides is 1. The Morgan fingerprint density at radius 3 is 3.00 bits per heavy atom. The highest BCUT2D eigenvalue weighted by atomic mass is 32.1. The van der Waals surface area contributed by atoms with Gasteiger partial charge in [-0.25, -0.2) is 0 Å². The number of hydrogen-bond acceptors (Lipinski definition) is 4. The Labute approximate surface area is 144 Å². The van der Waals surface area contributed by atoms with Gasteiger partial charge < -0.3 is 10.2 Å². The summed E-state index contributed by atoms with van der Waals surface area (Å²) >= 11 is 1.74. The Balaban J connectivity index is 1.67. The van der Waals surface area contributed by atoms with E-state index in [1.54, 1.807) is 17.4 Å². The molecule has 1 saturated heterocycles. The molecule has 0 saturated carbocycles. The fourth-order valence-corrected chi connectivity index (χ4v) is 4.14. The Hall–Kier alpha value is -2.25. The summed E-state index contributed by atoms with van der Waals surface area (Å²) in [4.78, 5) is 25.4. The molecule has 3 rings (SSSR count). The van der Waals surface area contributed by atoms with Crippen LogP contribution in [0.5, 0.6) is 0 Å². The largest absolute Gasteiger partial charge is 0.321 e. The number of carbonyl (C=O) groups excluding carboxylic acids is 1. The summed E-state index contributed by atoms with van der Waals surface area (Å²) in [6.45, 7) is 3.19. The van der Waals surface area contributed by atoms with Gasteiger partial charge in [0.1, 0.15) is 6.04 Å². The molecule has 1 aromatic carbocycles.